The number of nitrogens with zero attached hydrogens (tertiary/aromatic N) is 1. The average molecular weight is 160 g/mol. The molecule has 1 heterocycles. The summed E-state index contributed by atoms with van der Waals surface area (Å²) < 4.78 is 0. The highest BCUT2D eigenvalue weighted by Crippen LogP contribution is 2.07. The molecule has 0 aliphatic carbocycles. The Morgan fingerprint density at radius 1 is 1.67 bits per heavy atom. The zero-order chi connectivity index (χ0) is 6.69. The fourth-order valence-electron chi connectivity index (χ4n) is 0.541. The SMILES string of the molecule is CPc1cc(Cl)ccn1. The van der Waals surface area contributed by atoms with Gasteiger partial charge >= 0.3 is 0 Å². The van der Waals surface area contributed by atoms with Gasteiger partial charge in [0, 0.05) is 11.2 Å². The third-order valence-electron chi connectivity index (χ3n) is 0.978. The highest BCUT2D eigenvalue weighted by Gasteiger charge is 1.89. The molecule has 1 atom stereocenters. The average Bonchev–Trinajstić information content (AvgIpc) is 1.88. The minimum absolute atomic E-state index is 0.731. The van der Waals surface area contributed by atoms with Gasteiger partial charge in [-0.05, 0) is 18.8 Å². The van der Waals surface area contributed by atoms with Crippen LogP contribution in [0, 0.1) is 0 Å². The molecule has 1 aromatic rings. The normalized spacial score (nSPS) is 10.9. The number of pyridine rings is 1. The van der Waals surface area contributed by atoms with Gasteiger partial charge in [0.1, 0.15) is 0 Å². The van der Waals surface area contributed by atoms with Crippen molar-refractivity contribution in [3.63, 3.8) is 0 Å². The first-order valence-electron chi connectivity index (χ1n) is 2.62. The second-order valence-corrected chi connectivity index (χ2v) is 3.06. The van der Waals surface area contributed by atoms with Crippen molar-refractivity contribution in [3.05, 3.63) is 23.4 Å². The zero-order valence-corrected chi connectivity index (χ0v) is 6.81. The number of hydrogen-bond acceptors (Lipinski definition) is 1. The highest BCUT2D eigenvalue weighted by atomic mass is 35.5. The fraction of sp³-hybridized carbons (Fsp3) is 0.167. The Bertz CT molecular complexity index is 202. The molecule has 0 bridgehead atoms. The summed E-state index contributed by atoms with van der Waals surface area (Å²) in [7, 11) is 0.731. The van der Waals surface area contributed by atoms with Gasteiger partial charge in [0.05, 0.1) is 5.44 Å². The number of hydrogen-bond donors (Lipinski definition) is 0. The third-order valence-corrected chi connectivity index (χ3v) is 2.00. The Morgan fingerprint density at radius 2 is 2.44 bits per heavy atom. The predicted octanol–water partition coefficient (Wildman–Crippen LogP) is 1.67. The first-order valence-corrected chi connectivity index (χ1v) is 4.50. The molecule has 1 nitrogen and oxygen atoms in total. The highest BCUT2D eigenvalue weighted by molar-refractivity contribution is 7.45. The van der Waals surface area contributed by atoms with E-state index in [1.807, 2.05) is 6.07 Å². The second kappa shape index (κ2) is 3.14. The van der Waals surface area contributed by atoms with E-state index < -0.39 is 0 Å². The first-order chi connectivity index (χ1) is 4.33. The van der Waals surface area contributed by atoms with E-state index >= 15 is 0 Å². The predicted molar refractivity (Wildman–Crippen MR) is 43.1 cm³/mol. The van der Waals surface area contributed by atoms with Gasteiger partial charge in [0.2, 0.25) is 0 Å². The van der Waals surface area contributed by atoms with Gasteiger partial charge in [-0.2, -0.15) is 0 Å². The van der Waals surface area contributed by atoms with Crippen molar-refractivity contribution in [3.8, 4) is 0 Å². The van der Waals surface area contributed by atoms with Crippen molar-refractivity contribution >= 4 is 25.6 Å². The molecule has 0 amide bonds. The van der Waals surface area contributed by atoms with E-state index in [2.05, 4.69) is 11.6 Å². The quantitative estimate of drug-likeness (QED) is 0.568. The van der Waals surface area contributed by atoms with E-state index in [0.717, 1.165) is 19.0 Å². The molecule has 1 unspecified atom stereocenters. The summed E-state index contributed by atoms with van der Waals surface area (Å²) in [6.07, 6.45) is 1.73. The fourth-order valence-corrected chi connectivity index (χ4v) is 1.30. The molecular weight excluding hydrogens is 152 g/mol. The molecule has 0 radical (unpaired) electrons. The second-order valence-electron chi connectivity index (χ2n) is 1.61. The van der Waals surface area contributed by atoms with Crippen LogP contribution in [0.3, 0.4) is 0 Å². The summed E-state index contributed by atoms with van der Waals surface area (Å²) in [5.41, 5.74) is 1.07. The van der Waals surface area contributed by atoms with E-state index in [1.54, 1.807) is 12.3 Å². The van der Waals surface area contributed by atoms with Gasteiger partial charge in [-0.1, -0.05) is 20.2 Å². The largest absolute Gasteiger partial charge is 0.257 e. The molecule has 0 saturated carbocycles. The molecule has 3 heteroatoms. The smallest absolute Gasteiger partial charge is 0.0612 e. The Hall–Kier alpha value is -0.130. The Balaban J connectivity index is 2.94. The molecule has 0 fully saturated rings. The van der Waals surface area contributed by atoms with Crippen molar-refractivity contribution in [2.24, 2.45) is 0 Å². The van der Waals surface area contributed by atoms with Gasteiger partial charge in [0.15, 0.2) is 0 Å². The molecular formula is C6H7ClNP. The Labute approximate surface area is 61.2 Å². The van der Waals surface area contributed by atoms with Crippen LogP contribution in [0.4, 0.5) is 0 Å². The molecule has 0 saturated heterocycles. The molecule has 0 aromatic carbocycles. The number of aromatic nitrogens is 1. The third kappa shape index (κ3) is 1.92. The van der Waals surface area contributed by atoms with Gasteiger partial charge in [-0.3, -0.25) is 4.98 Å². The molecule has 0 aliphatic heterocycles. The zero-order valence-electron chi connectivity index (χ0n) is 5.06. The van der Waals surface area contributed by atoms with Crippen molar-refractivity contribution in [1.82, 2.24) is 4.98 Å². The molecule has 48 valence electrons. The van der Waals surface area contributed by atoms with Crippen LogP contribution in [0.25, 0.3) is 0 Å². The Kier molecular flexibility index (Phi) is 2.44. The Morgan fingerprint density at radius 3 is 2.89 bits per heavy atom. The summed E-state index contributed by atoms with van der Waals surface area (Å²) in [6, 6.07) is 3.67. The minimum atomic E-state index is 0.731. The molecule has 0 N–H and O–H groups in total. The van der Waals surface area contributed by atoms with E-state index in [9.17, 15) is 0 Å². The molecule has 9 heavy (non-hydrogen) atoms. The summed E-state index contributed by atoms with van der Waals surface area (Å²) in [4.78, 5) is 4.09. The molecule has 1 aromatic heterocycles. The van der Waals surface area contributed by atoms with E-state index in [4.69, 9.17) is 11.6 Å². The monoisotopic (exact) mass is 159 g/mol. The lowest BCUT2D eigenvalue weighted by Crippen LogP contribution is -1.97. The summed E-state index contributed by atoms with van der Waals surface area (Å²) >= 11 is 5.69. The van der Waals surface area contributed by atoms with Crippen LogP contribution in [-0.2, 0) is 0 Å². The molecule has 0 aliphatic rings. The van der Waals surface area contributed by atoms with E-state index in [-0.39, 0.29) is 0 Å². The number of halogens is 1. The lowest BCUT2D eigenvalue weighted by molar-refractivity contribution is 1.39. The summed E-state index contributed by atoms with van der Waals surface area (Å²) in [5.74, 6) is 0. The molecule has 0 spiro atoms. The van der Waals surface area contributed by atoms with Gasteiger partial charge in [0.25, 0.3) is 0 Å². The van der Waals surface area contributed by atoms with Crippen LogP contribution in [-0.4, -0.2) is 11.6 Å². The van der Waals surface area contributed by atoms with Crippen LogP contribution >= 0.6 is 20.2 Å². The minimum Gasteiger partial charge on any atom is -0.257 e. The van der Waals surface area contributed by atoms with Crippen molar-refractivity contribution in [1.29, 1.82) is 0 Å². The van der Waals surface area contributed by atoms with E-state index in [0.29, 0.717) is 0 Å². The molecule has 1 rings (SSSR count). The van der Waals surface area contributed by atoms with Crippen molar-refractivity contribution in [2.45, 2.75) is 0 Å². The lowest BCUT2D eigenvalue weighted by Gasteiger charge is -1.92. The number of rotatable bonds is 1. The topological polar surface area (TPSA) is 12.9 Å². The maximum absolute atomic E-state index is 5.69. The maximum atomic E-state index is 5.69. The van der Waals surface area contributed by atoms with Gasteiger partial charge < -0.3 is 0 Å². The first kappa shape index (κ1) is 6.98. The summed E-state index contributed by atoms with van der Waals surface area (Å²) in [6.45, 7) is 2.08. The van der Waals surface area contributed by atoms with Crippen LogP contribution < -0.4 is 5.44 Å². The standard InChI is InChI=1S/C6H7ClNP/c1-9-6-4-5(7)2-3-8-6/h2-4,9H,1H3. The van der Waals surface area contributed by atoms with Crippen LogP contribution in [0.5, 0.6) is 0 Å². The van der Waals surface area contributed by atoms with Crippen molar-refractivity contribution < 1.29 is 0 Å². The van der Waals surface area contributed by atoms with Crippen LogP contribution in [0.15, 0.2) is 18.3 Å². The van der Waals surface area contributed by atoms with Crippen LogP contribution in [0.1, 0.15) is 0 Å². The van der Waals surface area contributed by atoms with E-state index in [1.165, 1.54) is 0 Å². The van der Waals surface area contributed by atoms with Gasteiger partial charge in [-0.25, -0.2) is 0 Å². The maximum Gasteiger partial charge on any atom is 0.0612 e. The summed E-state index contributed by atoms with van der Waals surface area (Å²) in [5, 5.41) is 0.773. The lowest BCUT2D eigenvalue weighted by atomic mass is 10.5. The van der Waals surface area contributed by atoms with Crippen LogP contribution in [0.2, 0.25) is 5.02 Å². The van der Waals surface area contributed by atoms with Crippen molar-refractivity contribution in [2.75, 3.05) is 6.66 Å². The van der Waals surface area contributed by atoms with Gasteiger partial charge in [-0.15, -0.1) is 0 Å².